The molecule has 0 spiro atoms. The van der Waals surface area contributed by atoms with E-state index in [1.54, 1.807) is 12.4 Å². The summed E-state index contributed by atoms with van der Waals surface area (Å²) in [7, 11) is 0. The molecule has 5 heteroatoms. The molecule has 0 radical (unpaired) electrons. The van der Waals surface area contributed by atoms with Crippen molar-refractivity contribution in [1.29, 1.82) is 0 Å². The molecule has 0 bridgehead atoms. The van der Waals surface area contributed by atoms with Gasteiger partial charge in [-0.05, 0) is 44.5 Å². The summed E-state index contributed by atoms with van der Waals surface area (Å²) in [6.45, 7) is 6.20. The molecule has 3 aromatic rings. The van der Waals surface area contributed by atoms with Gasteiger partial charge in [0.15, 0.2) is 0 Å². The minimum atomic E-state index is 0.254. The summed E-state index contributed by atoms with van der Waals surface area (Å²) in [4.78, 5) is 13.3. The van der Waals surface area contributed by atoms with Gasteiger partial charge in [0.05, 0.1) is 5.69 Å². The van der Waals surface area contributed by atoms with Crippen molar-refractivity contribution >= 4 is 17.5 Å². The van der Waals surface area contributed by atoms with Crippen molar-refractivity contribution in [3.05, 3.63) is 60.4 Å². The Balaban J connectivity index is 2.00. The van der Waals surface area contributed by atoms with Gasteiger partial charge in [-0.3, -0.25) is 4.98 Å². The van der Waals surface area contributed by atoms with Gasteiger partial charge in [-0.25, -0.2) is 4.98 Å². The van der Waals surface area contributed by atoms with Crippen molar-refractivity contribution in [3.8, 4) is 11.3 Å². The largest absolute Gasteiger partial charge is 0.352 e. The Morgan fingerprint density at radius 2 is 1.71 bits per heavy atom. The smallest absolute Gasteiger partial charge is 0.225 e. The van der Waals surface area contributed by atoms with Crippen LogP contribution in [0.2, 0.25) is 0 Å². The molecule has 0 aliphatic carbocycles. The van der Waals surface area contributed by atoms with Crippen molar-refractivity contribution in [3.63, 3.8) is 0 Å². The number of rotatable bonds is 5. The number of aromatic nitrogens is 3. The number of anilines is 3. The van der Waals surface area contributed by atoms with Crippen LogP contribution in [0, 0.1) is 6.92 Å². The van der Waals surface area contributed by atoms with Crippen LogP contribution in [-0.4, -0.2) is 21.0 Å². The van der Waals surface area contributed by atoms with Crippen LogP contribution in [0.15, 0.2) is 54.9 Å². The van der Waals surface area contributed by atoms with Crippen LogP contribution < -0.4 is 10.6 Å². The molecule has 0 saturated carbocycles. The normalized spacial score (nSPS) is 10.7. The molecule has 0 atom stereocenters. The molecule has 5 nitrogen and oxygen atoms in total. The first-order valence-electron chi connectivity index (χ1n) is 8.00. The molecule has 0 fully saturated rings. The Hall–Kier alpha value is -2.95. The van der Waals surface area contributed by atoms with Crippen LogP contribution in [0.4, 0.5) is 17.5 Å². The van der Waals surface area contributed by atoms with E-state index in [9.17, 15) is 0 Å². The topological polar surface area (TPSA) is 62.7 Å². The minimum Gasteiger partial charge on any atom is -0.352 e. The molecule has 0 aliphatic rings. The van der Waals surface area contributed by atoms with Gasteiger partial charge in [-0.15, -0.1) is 0 Å². The number of nitrogens with one attached hydrogen (secondary N) is 2. The van der Waals surface area contributed by atoms with Gasteiger partial charge in [0, 0.05) is 35.8 Å². The molecule has 24 heavy (non-hydrogen) atoms. The first-order valence-corrected chi connectivity index (χ1v) is 8.00. The number of nitrogens with zero attached hydrogens (tertiary/aromatic N) is 3. The van der Waals surface area contributed by atoms with E-state index in [-0.39, 0.29) is 6.04 Å². The SMILES string of the molecule is Cc1ccccc1Nc1cc(-c2ccncc2)nc(NC(C)C)n1. The second kappa shape index (κ2) is 7.08. The monoisotopic (exact) mass is 319 g/mol. The zero-order chi connectivity index (χ0) is 16.9. The van der Waals surface area contributed by atoms with E-state index in [4.69, 9.17) is 0 Å². The maximum absolute atomic E-state index is 4.62. The van der Waals surface area contributed by atoms with Gasteiger partial charge in [0.2, 0.25) is 5.95 Å². The Kier molecular flexibility index (Phi) is 4.70. The fourth-order valence-corrected chi connectivity index (χ4v) is 2.36. The molecule has 0 saturated heterocycles. The third-order valence-corrected chi connectivity index (χ3v) is 3.53. The predicted molar refractivity (Wildman–Crippen MR) is 98.5 cm³/mol. The van der Waals surface area contributed by atoms with Crippen molar-refractivity contribution in [2.75, 3.05) is 10.6 Å². The summed E-state index contributed by atoms with van der Waals surface area (Å²) in [5, 5.41) is 6.67. The van der Waals surface area contributed by atoms with E-state index >= 15 is 0 Å². The highest BCUT2D eigenvalue weighted by Crippen LogP contribution is 2.24. The number of aryl methyl sites for hydroxylation is 1. The number of pyridine rings is 1. The van der Waals surface area contributed by atoms with E-state index in [2.05, 4.69) is 52.4 Å². The van der Waals surface area contributed by atoms with E-state index in [0.29, 0.717) is 5.95 Å². The first kappa shape index (κ1) is 15.9. The molecule has 2 heterocycles. The third-order valence-electron chi connectivity index (χ3n) is 3.53. The highest BCUT2D eigenvalue weighted by atomic mass is 15.2. The quantitative estimate of drug-likeness (QED) is 0.729. The highest BCUT2D eigenvalue weighted by Gasteiger charge is 2.09. The number of hydrogen-bond donors (Lipinski definition) is 2. The molecule has 2 aromatic heterocycles. The lowest BCUT2D eigenvalue weighted by Crippen LogP contribution is -2.13. The summed E-state index contributed by atoms with van der Waals surface area (Å²) in [5.74, 6) is 1.37. The maximum atomic E-state index is 4.62. The zero-order valence-corrected chi connectivity index (χ0v) is 14.1. The van der Waals surface area contributed by atoms with Crippen molar-refractivity contribution in [1.82, 2.24) is 15.0 Å². The Bertz CT molecular complexity index is 815. The van der Waals surface area contributed by atoms with E-state index < -0.39 is 0 Å². The van der Waals surface area contributed by atoms with Crippen LogP contribution in [0.1, 0.15) is 19.4 Å². The van der Waals surface area contributed by atoms with Crippen LogP contribution in [-0.2, 0) is 0 Å². The van der Waals surface area contributed by atoms with Gasteiger partial charge in [0.1, 0.15) is 5.82 Å². The lowest BCUT2D eigenvalue weighted by molar-refractivity contribution is 0.876. The first-order chi connectivity index (χ1) is 11.6. The standard InChI is InChI=1S/C19H21N5/c1-13(2)21-19-23-17(15-8-10-20-11-9-15)12-18(24-19)22-16-7-5-4-6-14(16)3/h4-13H,1-3H3,(H2,21,22,23,24). The fourth-order valence-electron chi connectivity index (χ4n) is 2.36. The maximum Gasteiger partial charge on any atom is 0.225 e. The van der Waals surface area contributed by atoms with Crippen LogP contribution in [0.3, 0.4) is 0 Å². The number of hydrogen-bond acceptors (Lipinski definition) is 5. The molecule has 1 aromatic carbocycles. The minimum absolute atomic E-state index is 0.254. The Morgan fingerprint density at radius 3 is 2.42 bits per heavy atom. The highest BCUT2D eigenvalue weighted by molar-refractivity contribution is 5.68. The lowest BCUT2D eigenvalue weighted by atomic mass is 10.2. The Morgan fingerprint density at radius 1 is 0.958 bits per heavy atom. The molecule has 0 unspecified atom stereocenters. The summed E-state index contributed by atoms with van der Waals surface area (Å²) in [6, 6.07) is 14.2. The molecule has 0 aliphatic heterocycles. The predicted octanol–water partition coefficient (Wildman–Crippen LogP) is 4.41. The van der Waals surface area contributed by atoms with Gasteiger partial charge >= 0.3 is 0 Å². The van der Waals surface area contributed by atoms with Gasteiger partial charge in [-0.2, -0.15) is 4.98 Å². The molecular weight excluding hydrogens is 298 g/mol. The van der Waals surface area contributed by atoms with Crippen LogP contribution in [0.5, 0.6) is 0 Å². The number of benzene rings is 1. The van der Waals surface area contributed by atoms with Crippen LogP contribution >= 0.6 is 0 Å². The summed E-state index contributed by atoms with van der Waals surface area (Å²) in [5.41, 5.74) is 4.06. The molecule has 2 N–H and O–H groups in total. The third kappa shape index (κ3) is 3.87. The van der Waals surface area contributed by atoms with E-state index in [1.807, 2.05) is 36.4 Å². The second-order valence-corrected chi connectivity index (χ2v) is 5.94. The molecule has 3 rings (SSSR count). The average molecular weight is 319 g/mol. The fraction of sp³-hybridized carbons (Fsp3) is 0.211. The summed E-state index contributed by atoms with van der Waals surface area (Å²) >= 11 is 0. The zero-order valence-electron chi connectivity index (χ0n) is 14.1. The second-order valence-electron chi connectivity index (χ2n) is 5.94. The van der Waals surface area contributed by atoms with Gasteiger partial charge < -0.3 is 10.6 Å². The molecule has 0 amide bonds. The molecular formula is C19H21N5. The summed E-state index contributed by atoms with van der Waals surface area (Å²) in [6.07, 6.45) is 3.53. The van der Waals surface area contributed by atoms with E-state index in [1.165, 1.54) is 5.56 Å². The van der Waals surface area contributed by atoms with E-state index in [0.717, 1.165) is 22.8 Å². The summed E-state index contributed by atoms with van der Waals surface area (Å²) < 4.78 is 0. The lowest BCUT2D eigenvalue weighted by Gasteiger charge is -2.14. The van der Waals surface area contributed by atoms with Gasteiger partial charge in [0.25, 0.3) is 0 Å². The molecule has 122 valence electrons. The van der Waals surface area contributed by atoms with Crippen molar-refractivity contribution in [2.45, 2.75) is 26.8 Å². The van der Waals surface area contributed by atoms with Crippen molar-refractivity contribution < 1.29 is 0 Å². The van der Waals surface area contributed by atoms with Gasteiger partial charge in [-0.1, -0.05) is 18.2 Å². The Labute approximate surface area is 142 Å². The number of para-hydroxylation sites is 1. The average Bonchev–Trinajstić information content (AvgIpc) is 2.57. The van der Waals surface area contributed by atoms with Crippen LogP contribution in [0.25, 0.3) is 11.3 Å². The van der Waals surface area contributed by atoms with Crippen molar-refractivity contribution in [2.24, 2.45) is 0 Å².